The van der Waals surface area contributed by atoms with E-state index in [0.29, 0.717) is 13.1 Å². The van der Waals surface area contributed by atoms with E-state index in [1.807, 2.05) is 20.8 Å². The fraction of sp³-hybridized carbons (Fsp3) is 0.667. The number of halogens is 1. The van der Waals surface area contributed by atoms with Gasteiger partial charge in [-0.15, -0.1) is 11.3 Å². The molecule has 0 bridgehead atoms. The fourth-order valence-corrected chi connectivity index (χ4v) is 3.46. The Kier molecular flexibility index (Phi) is 3.96. The first-order valence-corrected chi connectivity index (χ1v) is 7.58. The van der Waals surface area contributed by atoms with Gasteiger partial charge in [0.1, 0.15) is 5.60 Å². The SMILES string of the molecule is CC(C)(C)OC(=O)N1CCc2nc(Br)sc2CC1. The van der Waals surface area contributed by atoms with Crippen LogP contribution in [0.15, 0.2) is 3.92 Å². The summed E-state index contributed by atoms with van der Waals surface area (Å²) in [6.07, 6.45) is 1.44. The number of rotatable bonds is 0. The van der Waals surface area contributed by atoms with E-state index in [9.17, 15) is 4.79 Å². The topological polar surface area (TPSA) is 42.4 Å². The number of thiazole rings is 1. The zero-order chi connectivity index (χ0) is 13.3. The number of hydrogen-bond acceptors (Lipinski definition) is 4. The van der Waals surface area contributed by atoms with Crippen LogP contribution in [0.3, 0.4) is 0 Å². The summed E-state index contributed by atoms with van der Waals surface area (Å²) in [5.74, 6) is 0. The molecule has 1 amide bonds. The number of amides is 1. The summed E-state index contributed by atoms with van der Waals surface area (Å²) in [7, 11) is 0. The summed E-state index contributed by atoms with van der Waals surface area (Å²) in [4.78, 5) is 19.5. The van der Waals surface area contributed by atoms with Gasteiger partial charge >= 0.3 is 6.09 Å². The molecule has 18 heavy (non-hydrogen) atoms. The van der Waals surface area contributed by atoms with E-state index >= 15 is 0 Å². The highest BCUT2D eigenvalue weighted by molar-refractivity contribution is 9.11. The zero-order valence-electron chi connectivity index (χ0n) is 10.8. The number of fused-ring (bicyclic) bond motifs is 1. The number of aromatic nitrogens is 1. The van der Waals surface area contributed by atoms with E-state index in [0.717, 1.165) is 22.5 Å². The van der Waals surface area contributed by atoms with E-state index in [1.165, 1.54) is 4.88 Å². The molecule has 0 radical (unpaired) electrons. The summed E-state index contributed by atoms with van der Waals surface area (Å²) in [6, 6.07) is 0. The first-order valence-electron chi connectivity index (χ1n) is 5.97. The molecular formula is C12H17BrN2O2S. The van der Waals surface area contributed by atoms with Gasteiger partial charge in [-0.3, -0.25) is 0 Å². The summed E-state index contributed by atoms with van der Waals surface area (Å²) >= 11 is 5.06. The van der Waals surface area contributed by atoms with Crippen molar-refractivity contribution in [1.82, 2.24) is 9.88 Å². The molecule has 0 aromatic carbocycles. The Morgan fingerprint density at radius 1 is 1.39 bits per heavy atom. The smallest absolute Gasteiger partial charge is 0.410 e. The Morgan fingerprint density at radius 3 is 2.72 bits per heavy atom. The molecule has 4 nitrogen and oxygen atoms in total. The first-order chi connectivity index (χ1) is 8.35. The van der Waals surface area contributed by atoms with Crippen LogP contribution in [0.1, 0.15) is 31.3 Å². The van der Waals surface area contributed by atoms with Crippen molar-refractivity contribution in [3.05, 3.63) is 14.5 Å². The van der Waals surface area contributed by atoms with Crippen molar-refractivity contribution < 1.29 is 9.53 Å². The van der Waals surface area contributed by atoms with Crippen molar-refractivity contribution >= 4 is 33.4 Å². The van der Waals surface area contributed by atoms with Crippen LogP contribution in [0, 0.1) is 0 Å². The maximum absolute atomic E-state index is 12.0. The van der Waals surface area contributed by atoms with Crippen LogP contribution in [-0.4, -0.2) is 34.7 Å². The molecule has 1 aromatic heterocycles. The second-order valence-corrected chi connectivity index (χ2v) is 7.66. The van der Waals surface area contributed by atoms with Crippen molar-refractivity contribution in [2.45, 2.75) is 39.2 Å². The van der Waals surface area contributed by atoms with Gasteiger partial charge in [0.15, 0.2) is 3.92 Å². The molecule has 1 aromatic rings. The Hall–Kier alpha value is -0.620. The molecule has 6 heteroatoms. The second-order valence-electron chi connectivity index (χ2n) is 5.30. The van der Waals surface area contributed by atoms with Crippen LogP contribution in [-0.2, 0) is 17.6 Å². The number of hydrogen-bond donors (Lipinski definition) is 0. The lowest BCUT2D eigenvalue weighted by molar-refractivity contribution is 0.0258. The van der Waals surface area contributed by atoms with Crippen molar-refractivity contribution in [3.8, 4) is 0 Å². The molecule has 0 unspecified atom stereocenters. The van der Waals surface area contributed by atoms with Crippen molar-refractivity contribution in [2.24, 2.45) is 0 Å². The lowest BCUT2D eigenvalue weighted by Gasteiger charge is -2.26. The van der Waals surface area contributed by atoms with Gasteiger partial charge in [0.2, 0.25) is 0 Å². The third-order valence-corrected chi connectivity index (χ3v) is 4.24. The second kappa shape index (κ2) is 5.17. The summed E-state index contributed by atoms with van der Waals surface area (Å²) < 4.78 is 6.32. The van der Waals surface area contributed by atoms with Gasteiger partial charge in [-0.05, 0) is 36.7 Å². The van der Waals surface area contributed by atoms with Crippen LogP contribution in [0.2, 0.25) is 0 Å². The van der Waals surface area contributed by atoms with E-state index in [2.05, 4.69) is 20.9 Å². The standard InChI is InChI=1S/C12H17BrN2O2S/c1-12(2,3)17-11(16)15-6-4-8-9(5-7-15)18-10(13)14-8/h4-7H2,1-3H3. The molecule has 1 aliphatic heterocycles. The highest BCUT2D eigenvalue weighted by atomic mass is 79.9. The van der Waals surface area contributed by atoms with E-state index in [-0.39, 0.29) is 6.09 Å². The molecule has 0 spiro atoms. The van der Waals surface area contributed by atoms with Crippen LogP contribution in [0.4, 0.5) is 4.79 Å². The van der Waals surface area contributed by atoms with Crippen LogP contribution < -0.4 is 0 Å². The number of carbonyl (C=O) groups is 1. The Labute approximate surface area is 119 Å². The summed E-state index contributed by atoms with van der Waals surface area (Å²) in [6.45, 7) is 7.04. The lowest BCUT2D eigenvalue weighted by Crippen LogP contribution is -2.38. The predicted molar refractivity (Wildman–Crippen MR) is 75.0 cm³/mol. The van der Waals surface area contributed by atoms with Gasteiger partial charge in [-0.1, -0.05) is 0 Å². The largest absolute Gasteiger partial charge is 0.444 e. The molecule has 100 valence electrons. The average Bonchev–Trinajstić information content (AvgIpc) is 2.45. The maximum Gasteiger partial charge on any atom is 0.410 e. The van der Waals surface area contributed by atoms with Gasteiger partial charge in [0, 0.05) is 30.8 Å². The molecular weight excluding hydrogens is 316 g/mol. The molecule has 0 saturated carbocycles. The minimum absolute atomic E-state index is 0.225. The number of nitrogens with zero attached hydrogens (tertiary/aromatic N) is 2. The van der Waals surface area contributed by atoms with Crippen LogP contribution in [0.5, 0.6) is 0 Å². The quantitative estimate of drug-likeness (QED) is 0.732. The fourth-order valence-electron chi connectivity index (χ4n) is 1.84. The lowest BCUT2D eigenvalue weighted by atomic mass is 10.2. The number of ether oxygens (including phenoxy) is 1. The Morgan fingerprint density at radius 2 is 2.06 bits per heavy atom. The van der Waals surface area contributed by atoms with Gasteiger partial charge in [0.05, 0.1) is 5.69 Å². The third-order valence-electron chi connectivity index (χ3n) is 2.63. The van der Waals surface area contributed by atoms with Crippen molar-refractivity contribution in [2.75, 3.05) is 13.1 Å². The molecule has 2 heterocycles. The molecule has 0 fully saturated rings. The zero-order valence-corrected chi connectivity index (χ0v) is 13.2. The molecule has 1 aliphatic rings. The summed E-state index contributed by atoms with van der Waals surface area (Å²) in [5.41, 5.74) is 0.674. The highest BCUT2D eigenvalue weighted by Gasteiger charge is 2.25. The minimum atomic E-state index is -0.435. The predicted octanol–water partition coefficient (Wildman–Crippen LogP) is 3.24. The van der Waals surface area contributed by atoms with Gasteiger partial charge in [-0.25, -0.2) is 9.78 Å². The minimum Gasteiger partial charge on any atom is -0.444 e. The van der Waals surface area contributed by atoms with Crippen LogP contribution >= 0.6 is 27.3 Å². The van der Waals surface area contributed by atoms with Crippen LogP contribution in [0.25, 0.3) is 0 Å². The molecule has 0 aliphatic carbocycles. The average molecular weight is 333 g/mol. The van der Waals surface area contributed by atoms with Crippen molar-refractivity contribution in [1.29, 1.82) is 0 Å². The maximum atomic E-state index is 12.0. The normalized spacial score (nSPS) is 16.1. The van der Waals surface area contributed by atoms with Gasteiger partial charge in [-0.2, -0.15) is 0 Å². The molecule has 0 saturated heterocycles. The monoisotopic (exact) mass is 332 g/mol. The van der Waals surface area contributed by atoms with E-state index in [4.69, 9.17) is 4.74 Å². The van der Waals surface area contributed by atoms with E-state index < -0.39 is 5.60 Å². The van der Waals surface area contributed by atoms with Crippen molar-refractivity contribution in [3.63, 3.8) is 0 Å². The molecule has 0 atom stereocenters. The number of carbonyl (C=O) groups excluding carboxylic acids is 1. The Bertz CT molecular complexity index is 428. The molecule has 0 N–H and O–H groups in total. The molecule has 2 rings (SSSR count). The Balaban J connectivity index is 2.00. The third kappa shape index (κ3) is 3.45. The van der Waals surface area contributed by atoms with E-state index in [1.54, 1.807) is 16.2 Å². The first kappa shape index (κ1) is 13.8. The van der Waals surface area contributed by atoms with Gasteiger partial charge in [0.25, 0.3) is 0 Å². The summed E-state index contributed by atoms with van der Waals surface area (Å²) in [5, 5.41) is 0. The highest BCUT2D eigenvalue weighted by Crippen LogP contribution is 2.26. The van der Waals surface area contributed by atoms with Gasteiger partial charge < -0.3 is 9.64 Å².